The number of anilines is 1. The van der Waals surface area contributed by atoms with E-state index >= 15 is 0 Å². The first kappa shape index (κ1) is 23.0. The molecular weight excluding hydrogens is 486 g/mol. The van der Waals surface area contributed by atoms with Gasteiger partial charge in [0.1, 0.15) is 11.3 Å². The molecule has 0 fully saturated rings. The van der Waals surface area contributed by atoms with E-state index in [9.17, 15) is 4.79 Å². The van der Waals surface area contributed by atoms with Gasteiger partial charge in [-0.25, -0.2) is 4.98 Å². The maximum atomic E-state index is 13.6. The summed E-state index contributed by atoms with van der Waals surface area (Å²) in [4.78, 5) is 22.4. The number of methoxy groups -OCH3 is 1. The Labute approximate surface area is 194 Å². The number of ether oxygens (including phenoxy) is 1. The minimum Gasteiger partial charge on any atom is -0.494 e. The highest BCUT2D eigenvalue weighted by atomic mass is 79.9. The predicted octanol–water partition coefficient (Wildman–Crippen LogP) is 6.02. The highest BCUT2D eigenvalue weighted by molar-refractivity contribution is 9.10. The van der Waals surface area contributed by atoms with Crippen LogP contribution in [0.5, 0.6) is 5.75 Å². The Morgan fingerprint density at radius 2 is 1.93 bits per heavy atom. The van der Waals surface area contributed by atoms with E-state index in [4.69, 9.17) is 21.3 Å². The SMILES string of the molecule is CCN(CC)CCN(C(=O)c1cc(Br)ccc1Cl)c1nc2c(OC)ccc(C)c2s1. The lowest BCUT2D eigenvalue weighted by Gasteiger charge is -2.25. The van der Waals surface area contributed by atoms with Crippen LogP contribution in [0.1, 0.15) is 29.8 Å². The molecule has 0 atom stereocenters. The largest absolute Gasteiger partial charge is 0.494 e. The van der Waals surface area contributed by atoms with E-state index in [1.54, 1.807) is 24.1 Å². The number of thiazole rings is 1. The third-order valence-electron chi connectivity index (χ3n) is 5.08. The number of likely N-dealkylation sites (N-methyl/N-ethyl adjacent to an activating group) is 1. The number of amides is 1. The van der Waals surface area contributed by atoms with Gasteiger partial charge in [-0.1, -0.05) is 58.8 Å². The van der Waals surface area contributed by atoms with E-state index in [0.717, 1.165) is 39.9 Å². The Balaban J connectivity index is 2.07. The minimum absolute atomic E-state index is 0.163. The van der Waals surface area contributed by atoms with Crippen LogP contribution < -0.4 is 9.64 Å². The van der Waals surface area contributed by atoms with E-state index in [1.807, 2.05) is 25.1 Å². The smallest absolute Gasteiger partial charge is 0.261 e. The van der Waals surface area contributed by atoms with Crippen LogP contribution in [0, 0.1) is 6.92 Å². The third kappa shape index (κ3) is 4.80. The molecule has 1 heterocycles. The zero-order chi connectivity index (χ0) is 21.8. The van der Waals surface area contributed by atoms with Crippen molar-refractivity contribution in [2.75, 3.05) is 38.2 Å². The molecule has 0 bridgehead atoms. The molecule has 1 amide bonds. The number of aryl methyl sites for hydroxylation is 1. The molecule has 3 aromatic rings. The fraction of sp³-hybridized carbons (Fsp3) is 0.364. The van der Waals surface area contributed by atoms with Crippen LogP contribution in [-0.4, -0.2) is 49.1 Å². The number of fused-ring (bicyclic) bond motifs is 1. The lowest BCUT2D eigenvalue weighted by Crippen LogP contribution is -2.39. The van der Waals surface area contributed by atoms with E-state index in [1.165, 1.54) is 11.3 Å². The van der Waals surface area contributed by atoms with Crippen molar-refractivity contribution in [3.8, 4) is 5.75 Å². The molecule has 0 aliphatic carbocycles. The molecule has 30 heavy (non-hydrogen) atoms. The minimum atomic E-state index is -0.163. The van der Waals surface area contributed by atoms with Crippen molar-refractivity contribution in [2.45, 2.75) is 20.8 Å². The summed E-state index contributed by atoms with van der Waals surface area (Å²) >= 11 is 11.3. The molecule has 0 aliphatic rings. The summed E-state index contributed by atoms with van der Waals surface area (Å²) in [5, 5.41) is 1.07. The van der Waals surface area contributed by atoms with Crippen LogP contribution in [0.2, 0.25) is 5.02 Å². The van der Waals surface area contributed by atoms with Crippen LogP contribution in [-0.2, 0) is 0 Å². The van der Waals surface area contributed by atoms with Crippen LogP contribution in [0.25, 0.3) is 10.2 Å². The highest BCUT2D eigenvalue weighted by Gasteiger charge is 2.25. The summed E-state index contributed by atoms with van der Waals surface area (Å²) in [6, 6.07) is 9.23. The number of aromatic nitrogens is 1. The van der Waals surface area contributed by atoms with Gasteiger partial charge < -0.3 is 9.64 Å². The molecule has 0 spiro atoms. The molecule has 0 saturated heterocycles. The molecule has 0 radical (unpaired) electrons. The molecule has 1 aromatic heterocycles. The standard InChI is InChI=1S/C22H25BrClN3O2S/c1-5-26(6-2)11-12-27(21(28)16-13-15(23)8-9-17(16)24)22-25-19-18(29-4)10-7-14(3)20(19)30-22/h7-10,13H,5-6,11-12H2,1-4H3. The van der Waals surface area contributed by atoms with Crippen LogP contribution >= 0.6 is 38.9 Å². The fourth-order valence-corrected chi connectivity index (χ4v) is 4.89. The van der Waals surface area contributed by atoms with Crippen LogP contribution in [0.3, 0.4) is 0 Å². The molecule has 0 aliphatic heterocycles. The topological polar surface area (TPSA) is 45.7 Å². The summed E-state index contributed by atoms with van der Waals surface area (Å²) in [6.07, 6.45) is 0. The van der Waals surface area contributed by atoms with Gasteiger partial charge in [-0.3, -0.25) is 9.69 Å². The Bertz CT molecular complexity index is 1050. The lowest BCUT2D eigenvalue weighted by atomic mass is 10.2. The number of rotatable bonds is 8. The van der Waals surface area contributed by atoms with Gasteiger partial charge in [0.05, 0.1) is 22.4 Å². The zero-order valence-electron chi connectivity index (χ0n) is 17.5. The molecule has 0 saturated carbocycles. The van der Waals surface area contributed by atoms with Crippen LogP contribution in [0.4, 0.5) is 5.13 Å². The van der Waals surface area contributed by atoms with Crippen molar-refractivity contribution in [2.24, 2.45) is 0 Å². The van der Waals surface area contributed by atoms with Crippen molar-refractivity contribution in [1.29, 1.82) is 0 Å². The number of carbonyl (C=O) groups is 1. The molecule has 5 nitrogen and oxygen atoms in total. The second-order valence-electron chi connectivity index (χ2n) is 6.87. The van der Waals surface area contributed by atoms with Gasteiger partial charge in [0.2, 0.25) is 0 Å². The van der Waals surface area contributed by atoms with Crippen molar-refractivity contribution >= 4 is 60.1 Å². The second kappa shape index (κ2) is 10.1. The van der Waals surface area contributed by atoms with Gasteiger partial charge >= 0.3 is 0 Å². The number of hydrogen-bond acceptors (Lipinski definition) is 5. The Morgan fingerprint density at radius 3 is 2.60 bits per heavy atom. The highest BCUT2D eigenvalue weighted by Crippen LogP contribution is 2.37. The normalized spacial score (nSPS) is 11.3. The third-order valence-corrected chi connectivity index (χ3v) is 7.12. The number of halogens is 2. The van der Waals surface area contributed by atoms with Gasteiger partial charge in [0.25, 0.3) is 5.91 Å². The van der Waals surface area contributed by atoms with Crippen molar-refractivity contribution < 1.29 is 9.53 Å². The Kier molecular flexibility index (Phi) is 7.74. The van der Waals surface area contributed by atoms with Gasteiger partial charge in [0.15, 0.2) is 5.13 Å². The van der Waals surface area contributed by atoms with E-state index < -0.39 is 0 Å². The first-order chi connectivity index (χ1) is 14.4. The summed E-state index contributed by atoms with van der Waals surface area (Å²) in [6.45, 7) is 9.38. The molecule has 2 aromatic carbocycles. The summed E-state index contributed by atoms with van der Waals surface area (Å²) in [7, 11) is 1.63. The van der Waals surface area contributed by atoms with Gasteiger partial charge in [-0.05, 0) is 49.8 Å². The van der Waals surface area contributed by atoms with Gasteiger partial charge in [-0.15, -0.1) is 0 Å². The van der Waals surface area contributed by atoms with E-state index in [2.05, 4.69) is 34.7 Å². The Hall–Kier alpha value is -1.67. The quantitative estimate of drug-likeness (QED) is 0.372. The average Bonchev–Trinajstić information content (AvgIpc) is 3.19. The molecular formula is C22H25BrClN3O2S. The van der Waals surface area contributed by atoms with Gasteiger partial charge in [-0.2, -0.15) is 0 Å². The van der Waals surface area contributed by atoms with E-state index in [0.29, 0.717) is 28.0 Å². The molecule has 0 N–H and O–H groups in total. The number of benzene rings is 2. The number of carbonyl (C=O) groups excluding carboxylic acids is 1. The molecule has 3 rings (SSSR count). The number of hydrogen-bond donors (Lipinski definition) is 0. The van der Waals surface area contributed by atoms with Crippen molar-refractivity contribution in [1.82, 2.24) is 9.88 Å². The summed E-state index contributed by atoms with van der Waals surface area (Å²) < 4.78 is 7.32. The summed E-state index contributed by atoms with van der Waals surface area (Å²) in [5.41, 5.74) is 2.33. The maximum Gasteiger partial charge on any atom is 0.261 e. The zero-order valence-corrected chi connectivity index (χ0v) is 20.7. The predicted molar refractivity (Wildman–Crippen MR) is 130 cm³/mol. The Morgan fingerprint density at radius 1 is 1.20 bits per heavy atom. The van der Waals surface area contributed by atoms with Gasteiger partial charge in [0, 0.05) is 17.6 Å². The fourth-order valence-electron chi connectivity index (χ4n) is 3.25. The second-order valence-corrected chi connectivity index (χ2v) is 9.17. The first-order valence-electron chi connectivity index (χ1n) is 9.82. The molecule has 8 heteroatoms. The molecule has 0 unspecified atom stereocenters. The first-order valence-corrected chi connectivity index (χ1v) is 11.8. The van der Waals surface area contributed by atoms with Crippen LogP contribution in [0.15, 0.2) is 34.8 Å². The monoisotopic (exact) mass is 509 g/mol. The summed E-state index contributed by atoms with van der Waals surface area (Å²) in [5.74, 6) is 0.541. The lowest BCUT2D eigenvalue weighted by molar-refractivity contribution is 0.0984. The van der Waals surface area contributed by atoms with E-state index in [-0.39, 0.29) is 5.91 Å². The van der Waals surface area contributed by atoms with Crippen molar-refractivity contribution in [3.05, 3.63) is 51.0 Å². The average molecular weight is 511 g/mol. The number of nitrogens with zero attached hydrogens (tertiary/aromatic N) is 3. The maximum absolute atomic E-state index is 13.6. The van der Waals surface area contributed by atoms with Crippen molar-refractivity contribution in [3.63, 3.8) is 0 Å². The molecule has 160 valence electrons.